The van der Waals surface area contributed by atoms with E-state index >= 15 is 0 Å². The second kappa shape index (κ2) is 4.32. The zero-order valence-corrected chi connectivity index (χ0v) is 12.4. The standard InChI is InChI=1S/C15H21NO2S/c1-12(2)16-9-7-15(8-10-16)14-6-4-3-5-13(14)11-19(15,17)18/h3-6,12H,7-11H2,1-2H3. The van der Waals surface area contributed by atoms with Crippen LogP contribution in [-0.2, 0) is 20.3 Å². The molecule has 1 aromatic rings. The number of likely N-dealkylation sites (tertiary alicyclic amines) is 1. The van der Waals surface area contributed by atoms with E-state index in [9.17, 15) is 8.42 Å². The van der Waals surface area contributed by atoms with Crippen molar-refractivity contribution in [1.29, 1.82) is 0 Å². The molecule has 0 atom stereocenters. The second-order valence-corrected chi connectivity index (χ2v) is 8.34. The number of piperidine rings is 1. The highest BCUT2D eigenvalue weighted by molar-refractivity contribution is 7.92. The van der Waals surface area contributed by atoms with Crippen molar-refractivity contribution in [3.05, 3.63) is 35.4 Å². The van der Waals surface area contributed by atoms with E-state index in [1.807, 2.05) is 24.3 Å². The van der Waals surface area contributed by atoms with E-state index in [2.05, 4.69) is 18.7 Å². The summed E-state index contributed by atoms with van der Waals surface area (Å²) in [7, 11) is -3.04. The van der Waals surface area contributed by atoms with Gasteiger partial charge in [0.1, 0.15) is 4.75 Å². The molecular weight excluding hydrogens is 258 g/mol. The van der Waals surface area contributed by atoms with Crippen molar-refractivity contribution in [1.82, 2.24) is 4.90 Å². The lowest BCUT2D eigenvalue weighted by molar-refractivity contribution is 0.159. The van der Waals surface area contributed by atoms with Crippen molar-refractivity contribution in [2.45, 2.75) is 43.2 Å². The van der Waals surface area contributed by atoms with Gasteiger partial charge in [-0.05, 0) is 37.8 Å². The van der Waals surface area contributed by atoms with Crippen molar-refractivity contribution in [3.63, 3.8) is 0 Å². The molecule has 0 radical (unpaired) electrons. The summed E-state index contributed by atoms with van der Waals surface area (Å²) in [5, 5.41) is 0. The maximum Gasteiger partial charge on any atom is 0.164 e. The van der Waals surface area contributed by atoms with Crippen LogP contribution in [0.5, 0.6) is 0 Å². The first-order valence-electron chi connectivity index (χ1n) is 7.01. The first kappa shape index (κ1) is 13.1. The number of fused-ring (bicyclic) bond motifs is 2. The smallest absolute Gasteiger partial charge is 0.164 e. The van der Waals surface area contributed by atoms with Gasteiger partial charge in [-0.2, -0.15) is 0 Å². The highest BCUT2D eigenvalue weighted by atomic mass is 32.2. The first-order chi connectivity index (χ1) is 8.96. The van der Waals surface area contributed by atoms with Gasteiger partial charge in [0.05, 0.1) is 5.75 Å². The van der Waals surface area contributed by atoms with Gasteiger partial charge in [-0.15, -0.1) is 0 Å². The van der Waals surface area contributed by atoms with Gasteiger partial charge in [0.25, 0.3) is 0 Å². The topological polar surface area (TPSA) is 37.4 Å². The molecular formula is C15H21NO2S. The Morgan fingerprint density at radius 3 is 2.42 bits per heavy atom. The Morgan fingerprint density at radius 2 is 1.79 bits per heavy atom. The van der Waals surface area contributed by atoms with Crippen molar-refractivity contribution < 1.29 is 8.42 Å². The van der Waals surface area contributed by atoms with Crippen LogP contribution in [0.25, 0.3) is 0 Å². The average molecular weight is 279 g/mol. The summed E-state index contributed by atoms with van der Waals surface area (Å²) >= 11 is 0. The van der Waals surface area contributed by atoms with Gasteiger partial charge in [0.15, 0.2) is 9.84 Å². The van der Waals surface area contributed by atoms with E-state index in [0.717, 1.165) is 37.1 Å². The number of sulfone groups is 1. The molecule has 104 valence electrons. The SMILES string of the molecule is CC(C)N1CCC2(CC1)c1ccccc1CS2(=O)=O. The predicted octanol–water partition coefficient (Wildman–Crippen LogP) is 2.31. The summed E-state index contributed by atoms with van der Waals surface area (Å²) < 4.78 is 24.7. The molecule has 0 aliphatic carbocycles. The molecule has 0 aromatic heterocycles. The molecule has 1 spiro atoms. The van der Waals surface area contributed by atoms with Crippen molar-refractivity contribution in [3.8, 4) is 0 Å². The summed E-state index contributed by atoms with van der Waals surface area (Å²) in [5.41, 5.74) is 2.08. The lowest BCUT2D eigenvalue weighted by Gasteiger charge is -2.40. The Kier molecular flexibility index (Phi) is 2.98. The number of hydrogen-bond donors (Lipinski definition) is 0. The zero-order valence-electron chi connectivity index (χ0n) is 11.6. The highest BCUT2D eigenvalue weighted by Gasteiger charge is 2.52. The quantitative estimate of drug-likeness (QED) is 0.791. The minimum absolute atomic E-state index is 0.227. The molecule has 4 heteroatoms. The third-order valence-electron chi connectivity index (χ3n) is 4.79. The predicted molar refractivity (Wildman–Crippen MR) is 76.7 cm³/mol. The molecule has 2 heterocycles. The molecule has 0 amide bonds. The summed E-state index contributed by atoms with van der Waals surface area (Å²) in [6.07, 6.45) is 1.48. The van der Waals surface area contributed by atoms with E-state index in [4.69, 9.17) is 0 Å². The van der Waals surface area contributed by atoms with Gasteiger partial charge < -0.3 is 4.90 Å². The summed E-state index contributed by atoms with van der Waals surface area (Å²) in [4.78, 5) is 2.38. The van der Waals surface area contributed by atoms with E-state index in [1.54, 1.807) is 0 Å². The van der Waals surface area contributed by atoms with E-state index < -0.39 is 14.6 Å². The van der Waals surface area contributed by atoms with Gasteiger partial charge in [0, 0.05) is 19.1 Å². The molecule has 0 saturated carbocycles. The van der Waals surface area contributed by atoms with Crippen molar-refractivity contribution >= 4 is 9.84 Å². The highest BCUT2D eigenvalue weighted by Crippen LogP contribution is 2.48. The van der Waals surface area contributed by atoms with Crippen LogP contribution >= 0.6 is 0 Å². The lowest BCUT2D eigenvalue weighted by atomic mass is 9.86. The number of benzene rings is 1. The molecule has 0 bridgehead atoms. The summed E-state index contributed by atoms with van der Waals surface area (Å²) in [6, 6.07) is 8.39. The van der Waals surface area contributed by atoms with Gasteiger partial charge in [0.2, 0.25) is 0 Å². The monoisotopic (exact) mass is 279 g/mol. The number of nitrogens with zero attached hydrogens (tertiary/aromatic N) is 1. The van der Waals surface area contributed by atoms with Gasteiger partial charge in [-0.3, -0.25) is 0 Å². The number of hydrogen-bond acceptors (Lipinski definition) is 3. The van der Waals surface area contributed by atoms with Crippen LogP contribution in [0.4, 0.5) is 0 Å². The molecule has 3 nitrogen and oxygen atoms in total. The van der Waals surface area contributed by atoms with Crippen LogP contribution < -0.4 is 0 Å². The third kappa shape index (κ3) is 1.84. The average Bonchev–Trinajstić information content (AvgIpc) is 2.59. The summed E-state index contributed by atoms with van der Waals surface area (Å²) in [6.45, 7) is 6.11. The van der Waals surface area contributed by atoms with Crippen LogP contribution in [0.3, 0.4) is 0 Å². The molecule has 0 N–H and O–H groups in total. The fraction of sp³-hybridized carbons (Fsp3) is 0.600. The molecule has 1 saturated heterocycles. The minimum atomic E-state index is -3.04. The van der Waals surface area contributed by atoms with Crippen LogP contribution in [-0.4, -0.2) is 32.4 Å². The first-order valence-corrected chi connectivity index (χ1v) is 8.66. The van der Waals surface area contributed by atoms with Gasteiger partial charge in [-0.1, -0.05) is 24.3 Å². The van der Waals surface area contributed by atoms with Crippen molar-refractivity contribution in [2.75, 3.05) is 13.1 Å². The van der Waals surface area contributed by atoms with Crippen molar-refractivity contribution in [2.24, 2.45) is 0 Å². The lowest BCUT2D eigenvalue weighted by Crippen LogP contribution is -2.47. The molecule has 2 aliphatic heterocycles. The molecule has 0 unspecified atom stereocenters. The Balaban J connectivity index is 2.00. The molecule has 3 rings (SSSR count). The minimum Gasteiger partial charge on any atom is -0.301 e. The van der Waals surface area contributed by atoms with Crippen LogP contribution in [0.2, 0.25) is 0 Å². The number of rotatable bonds is 1. The molecule has 19 heavy (non-hydrogen) atoms. The summed E-state index contributed by atoms with van der Waals surface area (Å²) in [5.74, 6) is 0.227. The fourth-order valence-electron chi connectivity index (χ4n) is 3.58. The Bertz CT molecular complexity index is 584. The Labute approximate surface area is 115 Å². The van der Waals surface area contributed by atoms with E-state index in [-0.39, 0.29) is 5.75 Å². The fourth-order valence-corrected chi connectivity index (χ4v) is 5.86. The second-order valence-electron chi connectivity index (χ2n) is 6.04. The van der Waals surface area contributed by atoms with Crippen LogP contribution in [0.1, 0.15) is 37.8 Å². The molecule has 2 aliphatic rings. The Hall–Kier alpha value is -0.870. The molecule has 1 aromatic carbocycles. The van der Waals surface area contributed by atoms with Gasteiger partial charge in [-0.25, -0.2) is 8.42 Å². The molecule has 1 fully saturated rings. The zero-order chi connectivity index (χ0) is 13.7. The Morgan fingerprint density at radius 1 is 1.16 bits per heavy atom. The largest absolute Gasteiger partial charge is 0.301 e. The van der Waals surface area contributed by atoms with Crippen LogP contribution in [0, 0.1) is 0 Å². The third-order valence-corrected chi connectivity index (χ3v) is 7.29. The maximum absolute atomic E-state index is 12.7. The van der Waals surface area contributed by atoms with E-state index in [0.29, 0.717) is 6.04 Å². The van der Waals surface area contributed by atoms with Gasteiger partial charge >= 0.3 is 0 Å². The maximum atomic E-state index is 12.7. The van der Waals surface area contributed by atoms with E-state index in [1.165, 1.54) is 0 Å². The normalized spacial score (nSPS) is 24.8. The van der Waals surface area contributed by atoms with Crippen LogP contribution in [0.15, 0.2) is 24.3 Å².